The molecule has 1 atom stereocenters. The van der Waals surface area contributed by atoms with Crippen LogP contribution in [-0.4, -0.2) is 71.2 Å². The van der Waals surface area contributed by atoms with Crippen molar-refractivity contribution in [2.24, 2.45) is 0 Å². The van der Waals surface area contributed by atoms with Crippen molar-refractivity contribution in [2.45, 2.75) is 25.8 Å². The summed E-state index contributed by atoms with van der Waals surface area (Å²) < 4.78 is 22.3. The van der Waals surface area contributed by atoms with Gasteiger partial charge in [0.2, 0.25) is 5.91 Å². The molecule has 0 unspecified atom stereocenters. The molecule has 2 aliphatic heterocycles. The molecule has 2 amide bonds. The number of hydrogen-bond donors (Lipinski definition) is 1. The summed E-state index contributed by atoms with van der Waals surface area (Å²) in [6.45, 7) is 8.13. The Hall–Kier alpha value is -4.90. The SMILES string of the molecule is C=CC(=O)N1CCN2c3c(c(=O)n(-c4c(OC)cccc4C(C)C)c4nc(-c5c(O)cccc5F)c(Cl)cc34)N(C)C(=O)[C@H]2C1. The average molecular weight is 632 g/mol. The van der Waals surface area contributed by atoms with Gasteiger partial charge in [-0.1, -0.05) is 50.2 Å². The molecule has 6 rings (SSSR count). The summed E-state index contributed by atoms with van der Waals surface area (Å²) in [5.74, 6) is -1.45. The molecule has 0 radical (unpaired) electrons. The van der Waals surface area contributed by atoms with Gasteiger partial charge in [0.15, 0.2) is 5.65 Å². The normalized spacial score (nSPS) is 16.2. The topological polar surface area (TPSA) is 108 Å². The predicted octanol–water partition coefficient (Wildman–Crippen LogP) is 4.86. The second-order valence-electron chi connectivity index (χ2n) is 11.3. The number of para-hydroxylation sites is 1. The van der Waals surface area contributed by atoms with E-state index in [0.717, 1.165) is 5.56 Å². The molecule has 0 spiro atoms. The molecule has 1 saturated heterocycles. The van der Waals surface area contributed by atoms with Gasteiger partial charge >= 0.3 is 0 Å². The molecule has 12 heteroatoms. The number of piperazine rings is 1. The van der Waals surface area contributed by atoms with Crippen LogP contribution in [0.2, 0.25) is 5.02 Å². The maximum Gasteiger partial charge on any atom is 0.283 e. The molecule has 0 aliphatic carbocycles. The molecule has 4 heterocycles. The van der Waals surface area contributed by atoms with Crippen molar-refractivity contribution in [3.8, 4) is 28.4 Å². The Morgan fingerprint density at radius 1 is 1.16 bits per heavy atom. The largest absolute Gasteiger partial charge is 0.507 e. The van der Waals surface area contributed by atoms with Crippen molar-refractivity contribution in [1.29, 1.82) is 0 Å². The zero-order valence-corrected chi connectivity index (χ0v) is 25.9. The number of nitrogens with zero attached hydrogens (tertiary/aromatic N) is 5. The second-order valence-corrected chi connectivity index (χ2v) is 11.7. The van der Waals surface area contributed by atoms with Crippen LogP contribution in [0.5, 0.6) is 11.5 Å². The molecular weight excluding hydrogens is 601 g/mol. The van der Waals surface area contributed by atoms with Crippen LogP contribution in [0.15, 0.2) is 59.9 Å². The number of benzene rings is 2. The van der Waals surface area contributed by atoms with Gasteiger partial charge in [0.1, 0.15) is 29.0 Å². The number of likely N-dealkylation sites (N-methyl/N-ethyl adjacent to an activating group) is 1. The van der Waals surface area contributed by atoms with E-state index in [1.54, 1.807) is 17.0 Å². The monoisotopic (exact) mass is 631 g/mol. The fraction of sp³-hybridized carbons (Fsp3) is 0.273. The Labute approximate surface area is 263 Å². The standard InChI is InChI=1S/C33H31ClFN5O5/c1-6-25(42)38-13-14-39-22(16-38)32(43)37(4)30-29(39)19-15-20(34)27(26-21(35)10-8-11-23(26)41)36-31(19)40(33(30)44)28-18(17(2)3)9-7-12-24(28)45-5/h6-12,15,17,22,41H,1,13-14,16H2,2-5H3/t22-/m1/s1. The van der Waals surface area contributed by atoms with Gasteiger partial charge in [-0.3, -0.25) is 19.0 Å². The van der Waals surface area contributed by atoms with Crippen LogP contribution in [0.4, 0.5) is 15.8 Å². The van der Waals surface area contributed by atoms with Crippen LogP contribution in [0.3, 0.4) is 0 Å². The lowest BCUT2D eigenvalue weighted by Gasteiger charge is -2.47. The maximum atomic E-state index is 15.2. The van der Waals surface area contributed by atoms with E-state index in [0.29, 0.717) is 22.5 Å². The summed E-state index contributed by atoms with van der Waals surface area (Å²) in [5.41, 5.74) is 0.995. The van der Waals surface area contributed by atoms with Crippen molar-refractivity contribution in [2.75, 3.05) is 43.6 Å². The third-order valence-corrected chi connectivity index (χ3v) is 8.77. The number of halogens is 2. The quantitative estimate of drug-likeness (QED) is 0.313. The van der Waals surface area contributed by atoms with Crippen molar-refractivity contribution in [1.82, 2.24) is 14.5 Å². The molecular formula is C33H31ClFN5O5. The van der Waals surface area contributed by atoms with Gasteiger partial charge in [-0.15, -0.1) is 0 Å². The Balaban J connectivity index is 1.76. The Morgan fingerprint density at radius 3 is 2.56 bits per heavy atom. The van der Waals surface area contributed by atoms with Crippen molar-refractivity contribution in [3.63, 3.8) is 0 Å². The number of ether oxygens (including phenoxy) is 1. The first kappa shape index (κ1) is 30.1. The number of methoxy groups -OCH3 is 1. The first-order chi connectivity index (χ1) is 21.5. The Kier molecular flexibility index (Phi) is 7.52. The van der Waals surface area contributed by atoms with E-state index in [1.807, 2.05) is 30.9 Å². The number of rotatable bonds is 5. The predicted molar refractivity (Wildman–Crippen MR) is 171 cm³/mol. The number of aromatic hydroxyl groups is 1. The molecule has 1 N–H and O–H groups in total. The van der Waals surface area contributed by atoms with Crippen molar-refractivity contribution >= 4 is 45.8 Å². The number of amides is 2. The summed E-state index contributed by atoms with van der Waals surface area (Å²) in [5, 5.41) is 11.1. The van der Waals surface area contributed by atoms with Crippen molar-refractivity contribution < 1.29 is 23.8 Å². The van der Waals surface area contributed by atoms with Crippen LogP contribution >= 0.6 is 11.6 Å². The van der Waals surface area contributed by atoms with Gasteiger partial charge in [-0.2, -0.15) is 0 Å². The summed E-state index contributed by atoms with van der Waals surface area (Å²) in [6, 6.07) is 10.1. The third kappa shape index (κ3) is 4.61. The smallest absolute Gasteiger partial charge is 0.283 e. The first-order valence-electron chi connectivity index (χ1n) is 14.4. The average Bonchev–Trinajstić information content (AvgIpc) is 3.02. The van der Waals surface area contributed by atoms with E-state index in [-0.39, 0.29) is 70.7 Å². The molecule has 0 bridgehead atoms. The fourth-order valence-corrected chi connectivity index (χ4v) is 6.56. The van der Waals surface area contributed by atoms with Gasteiger partial charge in [0.25, 0.3) is 11.5 Å². The highest BCUT2D eigenvalue weighted by molar-refractivity contribution is 6.34. The van der Waals surface area contributed by atoms with E-state index in [4.69, 9.17) is 21.3 Å². The number of carbonyl (C=O) groups excluding carboxylic acids is 2. The molecule has 232 valence electrons. The Bertz CT molecular complexity index is 1960. The third-order valence-electron chi connectivity index (χ3n) is 8.48. The maximum absolute atomic E-state index is 15.2. The highest BCUT2D eigenvalue weighted by Gasteiger charge is 2.44. The van der Waals surface area contributed by atoms with Gasteiger partial charge in [0.05, 0.1) is 41.3 Å². The van der Waals surface area contributed by atoms with Gasteiger partial charge in [0, 0.05) is 25.5 Å². The van der Waals surface area contributed by atoms with E-state index < -0.39 is 17.4 Å². The van der Waals surface area contributed by atoms with Crippen LogP contribution in [0.25, 0.3) is 28.0 Å². The number of pyridine rings is 2. The number of anilines is 2. The van der Waals surface area contributed by atoms with Gasteiger partial charge in [-0.25, -0.2) is 9.37 Å². The fourth-order valence-electron chi connectivity index (χ4n) is 6.31. The lowest BCUT2D eigenvalue weighted by atomic mass is 9.98. The summed E-state index contributed by atoms with van der Waals surface area (Å²) in [6.07, 6.45) is 1.21. The van der Waals surface area contributed by atoms with Crippen LogP contribution in [0, 0.1) is 5.82 Å². The second kappa shape index (κ2) is 11.2. The van der Waals surface area contributed by atoms with Crippen LogP contribution < -0.4 is 20.1 Å². The number of carbonyl (C=O) groups is 2. The lowest BCUT2D eigenvalue weighted by molar-refractivity contribution is -0.128. The number of hydrogen-bond acceptors (Lipinski definition) is 7. The molecule has 45 heavy (non-hydrogen) atoms. The summed E-state index contributed by atoms with van der Waals surface area (Å²) >= 11 is 6.81. The van der Waals surface area contributed by atoms with E-state index in [1.165, 1.54) is 47.9 Å². The molecule has 4 aromatic rings. The van der Waals surface area contributed by atoms with E-state index in [2.05, 4.69) is 6.58 Å². The zero-order chi connectivity index (χ0) is 32.3. The number of aromatic nitrogens is 2. The van der Waals surface area contributed by atoms with Gasteiger partial charge < -0.3 is 24.5 Å². The highest BCUT2D eigenvalue weighted by Crippen LogP contribution is 2.45. The van der Waals surface area contributed by atoms with Crippen LogP contribution in [0.1, 0.15) is 25.3 Å². The molecule has 2 aromatic carbocycles. The molecule has 0 saturated carbocycles. The minimum absolute atomic E-state index is 0.0241. The van der Waals surface area contributed by atoms with E-state index in [9.17, 15) is 19.5 Å². The number of phenols is 1. The zero-order valence-electron chi connectivity index (χ0n) is 25.2. The number of phenolic OH excluding ortho intramolecular Hbond substituents is 1. The highest BCUT2D eigenvalue weighted by atomic mass is 35.5. The summed E-state index contributed by atoms with van der Waals surface area (Å²) in [7, 11) is 3.02. The molecule has 2 aromatic heterocycles. The number of fused-ring (bicyclic) bond motifs is 5. The van der Waals surface area contributed by atoms with Gasteiger partial charge in [-0.05, 0) is 41.8 Å². The lowest BCUT2D eigenvalue weighted by Crippen LogP contribution is -2.63. The van der Waals surface area contributed by atoms with Crippen LogP contribution in [-0.2, 0) is 9.59 Å². The molecule has 2 aliphatic rings. The van der Waals surface area contributed by atoms with E-state index >= 15 is 4.39 Å². The molecule has 10 nitrogen and oxygen atoms in total. The Morgan fingerprint density at radius 2 is 1.89 bits per heavy atom. The summed E-state index contributed by atoms with van der Waals surface area (Å²) in [4.78, 5) is 50.6. The minimum atomic E-state index is -0.787. The first-order valence-corrected chi connectivity index (χ1v) is 14.8. The van der Waals surface area contributed by atoms with Crippen molar-refractivity contribution in [3.05, 3.63) is 81.9 Å². The minimum Gasteiger partial charge on any atom is -0.507 e. The molecule has 1 fully saturated rings.